The van der Waals surface area contributed by atoms with Gasteiger partial charge < -0.3 is 10.2 Å². The maximum Gasteiger partial charge on any atom is 0.255 e. The van der Waals surface area contributed by atoms with Gasteiger partial charge in [-0.15, -0.1) is 0 Å². The zero-order valence-electron chi connectivity index (χ0n) is 16.1. The van der Waals surface area contributed by atoms with Gasteiger partial charge in [-0.05, 0) is 68.8 Å². The summed E-state index contributed by atoms with van der Waals surface area (Å²) in [5.41, 5.74) is 3.70. The number of hydrogen-bond acceptors (Lipinski definition) is 3. The van der Waals surface area contributed by atoms with E-state index < -0.39 is 0 Å². The lowest BCUT2D eigenvalue weighted by Gasteiger charge is -2.27. The van der Waals surface area contributed by atoms with Gasteiger partial charge in [-0.2, -0.15) is 5.10 Å². The van der Waals surface area contributed by atoms with E-state index >= 15 is 0 Å². The van der Waals surface area contributed by atoms with Crippen LogP contribution in [0, 0.1) is 0 Å². The zero-order valence-corrected chi connectivity index (χ0v) is 16.1. The number of nitrogens with one attached hydrogen (secondary N) is 1. The molecule has 0 unspecified atom stereocenters. The van der Waals surface area contributed by atoms with E-state index in [2.05, 4.69) is 36.1 Å². The molecule has 2 aromatic carbocycles. The predicted molar refractivity (Wildman–Crippen MR) is 110 cm³/mol. The molecule has 5 heteroatoms. The van der Waals surface area contributed by atoms with Gasteiger partial charge in [-0.1, -0.05) is 12.1 Å². The molecule has 0 radical (unpaired) electrons. The van der Waals surface area contributed by atoms with Crippen molar-refractivity contribution in [2.45, 2.75) is 33.4 Å². The Bertz CT molecular complexity index is 852. The van der Waals surface area contributed by atoms with Crippen molar-refractivity contribution in [2.75, 3.05) is 16.8 Å². The number of nitrogens with zero attached hydrogens (tertiary/aromatic N) is 3. The van der Waals surface area contributed by atoms with Crippen LogP contribution in [0.4, 0.5) is 11.4 Å². The van der Waals surface area contributed by atoms with Crippen LogP contribution in [-0.4, -0.2) is 28.3 Å². The summed E-state index contributed by atoms with van der Waals surface area (Å²) in [5, 5.41) is 7.16. The maximum absolute atomic E-state index is 12.5. The number of benzene rings is 2. The summed E-state index contributed by atoms with van der Waals surface area (Å²) in [5.74, 6) is -0.107. The first kappa shape index (κ1) is 18.7. The average Bonchev–Trinajstić information content (AvgIpc) is 3.17. The third-order valence-corrected chi connectivity index (χ3v) is 4.54. The molecule has 1 aromatic heterocycles. The molecule has 3 rings (SSSR count). The molecule has 0 atom stereocenters. The van der Waals surface area contributed by atoms with Gasteiger partial charge in [0.05, 0.1) is 6.54 Å². The third-order valence-electron chi connectivity index (χ3n) is 4.54. The van der Waals surface area contributed by atoms with Crippen LogP contribution >= 0.6 is 0 Å². The summed E-state index contributed by atoms with van der Waals surface area (Å²) < 4.78 is 1.85. The highest BCUT2D eigenvalue weighted by molar-refractivity contribution is 6.04. The molecule has 0 bridgehead atoms. The molecule has 0 aliphatic rings. The van der Waals surface area contributed by atoms with Gasteiger partial charge in [0, 0.05) is 41.9 Å². The zero-order chi connectivity index (χ0) is 19.2. The first-order chi connectivity index (χ1) is 13.1. The van der Waals surface area contributed by atoms with Crippen LogP contribution in [0.3, 0.4) is 0 Å². The van der Waals surface area contributed by atoms with E-state index in [0.717, 1.165) is 23.5 Å². The maximum atomic E-state index is 12.5. The van der Waals surface area contributed by atoms with Crippen LogP contribution in [-0.2, 0) is 6.54 Å². The molecule has 0 saturated carbocycles. The molecule has 1 N–H and O–H groups in total. The molecule has 3 aromatic rings. The predicted octanol–water partition coefficient (Wildman–Crippen LogP) is 4.42. The summed E-state index contributed by atoms with van der Waals surface area (Å²) in [6.45, 7) is 8.14. The third kappa shape index (κ3) is 4.76. The molecular formula is C22H26N4O. The molecule has 5 nitrogen and oxygen atoms in total. The summed E-state index contributed by atoms with van der Waals surface area (Å²) >= 11 is 0. The number of anilines is 2. The largest absolute Gasteiger partial charge is 0.369 e. The topological polar surface area (TPSA) is 50.2 Å². The highest BCUT2D eigenvalue weighted by Gasteiger charge is 2.10. The van der Waals surface area contributed by atoms with Gasteiger partial charge in [0.1, 0.15) is 0 Å². The molecule has 140 valence electrons. The number of hydrogen-bond donors (Lipinski definition) is 1. The minimum absolute atomic E-state index is 0.107. The monoisotopic (exact) mass is 362 g/mol. The van der Waals surface area contributed by atoms with Crippen molar-refractivity contribution in [1.82, 2.24) is 9.78 Å². The lowest BCUT2D eigenvalue weighted by atomic mass is 10.1. The van der Waals surface area contributed by atoms with Gasteiger partial charge in [-0.25, -0.2) is 0 Å². The van der Waals surface area contributed by atoms with Crippen LogP contribution < -0.4 is 10.2 Å². The van der Waals surface area contributed by atoms with E-state index in [1.807, 2.05) is 65.5 Å². The Morgan fingerprint density at radius 3 is 2.37 bits per heavy atom. The fourth-order valence-corrected chi connectivity index (χ4v) is 3.13. The quantitative estimate of drug-likeness (QED) is 0.677. The van der Waals surface area contributed by atoms with Crippen LogP contribution in [0.15, 0.2) is 67.0 Å². The summed E-state index contributed by atoms with van der Waals surface area (Å²) in [6, 6.07) is 17.9. The Labute approximate surface area is 160 Å². The molecule has 0 aliphatic heterocycles. The minimum atomic E-state index is -0.107. The van der Waals surface area contributed by atoms with E-state index in [9.17, 15) is 4.79 Å². The van der Waals surface area contributed by atoms with Gasteiger partial charge in [-0.3, -0.25) is 9.48 Å². The van der Waals surface area contributed by atoms with Gasteiger partial charge >= 0.3 is 0 Å². The van der Waals surface area contributed by atoms with Crippen molar-refractivity contribution in [3.8, 4) is 0 Å². The van der Waals surface area contributed by atoms with Crippen molar-refractivity contribution in [1.29, 1.82) is 0 Å². The van der Waals surface area contributed by atoms with Crippen molar-refractivity contribution >= 4 is 17.3 Å². The van der Waals surface area contributed by atoms with Crippen molar-refractivity contribution < 1.29 is 4.79 Å². The molecule has 0 saturated heterocycles. The normalized spacial score (nSPS) is 10.8. The fourth-order valence-electron chi connectivity index (χ4n) is 3.13. The lowest BCUT2D eigenvalue weighted by molar-refractivity contribution is 0.102. The van der Waals surface area contributed by atoms with Gasteiger partial charge in [0.2, 0.25) is 0 Å². The van der Waals surface area contributed by atoms with Crippen LogP contribution in [0.2, 0.25) is 0 Å². The Morgan fingerprint density at radius 2 is 1.81 bits per heavy atom. The number of carbonyl (C=O) groups excluding carboxylic acids is 1. The van der Waals surface area contributed by atoms with E-state index in [1.165, 1.54) is 0 Å². The first-order valence-corrected chi connectivity index (χ1v) is 9.31. The van der Waals surface area contributed by atoms with Gasteiger partial charge in [0.25, 0.3) is 5.91 Å². The van der Waals surface area contributed by atoms with Crippen molar-refractivity contribution in [3.63, 3.8) is 0 Å². The van der Waals surface area contributed by atoms with Crippen LogP contribution in [0.5, 0.6) is 0 Å². The van der Waals surface area contributed by atoms with Crippen molar-refractivity contribution in [3.05, 3.63) is 78.1 Å². The number of rotatable bonds is 7. The van der Waals surface area contributed by atoms with E-state index in [1.54, 1.807) is 6.20 Å². The van der Waals surface area contributed by atoms with Crippen LogP contribution in [0.25, 0.3) is 0 Å². The lowest BCUT2D eigenvalue weighted by Crippen LogP contribution is -2.30. The summed E-state index contributed by atoms with van der Waals surface area (Å²) in [6.07, 6.45) is 3.68. The summed E-state index contributed by atoms with van der Waals surface area (Å²) in [4.78, 5) is 14.8. The second-order valence-corrected chi connectivity index (χ2v) is 6.78. The highest BCUT2D eigenvalue weighted by atomic mass is 16.1. The van der Waals surface area contributed by atoms with Crippen LogP contribution in [0.1, 0.15) is 36.7 Å². The molecule has 0 spiro atoms. The highest BCUT2D eigenvalue weighted by Crippen LogP contribution is 2.20. The Hall–Kier alpha value is -3.08. The smallest absolute Gasteiger partial charge is 0.255 e. The summed E-state index contributed by atoms with van der Waals surface area (Å²) in [7, 11) is 0. The average molecular weight is 362 g/mol. The molecular weight excluding hydrogens is 336 g/mol. The molecule has 27 heavy (non-hydrogen) atoms. The Balaban J connectivity index is 1.63. The molecule has 1 amide bonds. The molecule has 1 heterocycles. The van der Waals surface area contributed by atoms with E-state index in [0.29, 0.717) is 18.2 Å². The number of amides is 1. The SMILES string of the molecule is CCN(c1ccc(NC(=O)c2ccc(Cn3cccn3)cc2)cc1)C(C)C. The van der Waals surface area contributed by atoms with E-state index in [4.69, 9.17) is 0 Å². The number of aromatic nitrogens is 2. The Morgan fingerprint density at radius 1 is 1.11 bits per heavy atom. The van der Waals surface area contributed by atoms with Gasteiger partial charge in [0.15, 0.2) is 0 Å². The second kappa shape index (κ2) is 8.54. The van der Waals surface area contributed by atoms with E-state index in [-0.39, 0.29) is 5.91 Å². The molecule has 0 fully saturated rings. The number of carbonyl (C=O) groups is 1. The minimum Gasteiger partial charge on any atom is -0.369 e. The fraction of sp³-hybridized carbons (Fsp3) is 0.273. The molecule has 0 aliphatic carbocycles. The standard InChI is InChI=1S/C22H26N4O/c1-4-26(17(2)3)21-12-10-20(11-13-21)24-22(27)19-8-6-18(7-9-19)16-25-15-5-14-23-25/h5-15,17H,4,16H2,1-3H3,(H,24,27). The second-order valence-electron chi connectivity index (χ2n) is 6.78. The first-order valence-electron chi connectivity index (χ1n) is 9.31. The van der Waals surface area contributed by atoms with Crippen molar-refractivity contribution in [2.24, 2.45) is 0 Å². The Kier molecular flexibility index (Phi) is 5.91.